The molecule has 0 aliphatic rings. The maximum Gasteiger partial charge on any atom is 0.373 e. The van der Waals surface area contributed by atoms with Crippen molar-refractivity contribution in [3.05, 3.63) is 114 Å². The molecule has 5 aromatic rings. The highest BCUT2D eigenvalue weighted by atomic mass is 16.5. The van der Waals surface area contributed by atoms with E-state index in [1.165, 1.54) is 12.7 Å². The maximum atomic E-state index is 11.7. The Bertz CT molecular complexity index is 1490. The number of fused-ring (bicyclic) bond motifs is 1. The molecule has 0 radical (unpaired) electrons. The minimum atomic E-state index is -0.489. The average molecular weight is 465 g/mol. The third-order valence-corrected chi connectivity index (χ3v) is 5.64. The number of rotatable bonds is 7. The summed E-state index contributed by atoms with van der Waals surface area (Å²) in [7, 11) is 1.33. The molecule has 0 saturated heterocycles. The van der Waals surface area contributed by atoms with Crippen LogP contribution in [0.4, 0.5) is 5.69 Å². The van der Waals surface area contributed by atoms with Crippen LogP contribution in [-0.4, -0.2) is 23.9 Å². The normalized spacial score (nSPS) is 11.3. The van der Waals surface area contributed by atoms with Gasteiger partial charge in [0.1, 0.15) is 17.3 Å². The van der Waals surface area contributed by atoms with Crippen LogP contribution in [0.2, 0.25) is 0 Å². The van der Waals surface area contributed by atoms with E-state index in [0.717, 1.165) is 33.7 Å². The summed E-state index contributed by atoms with van der Waals surface area (Å²) in [5.74, 6) is 1.93. The Labute approximate surface area is 203 Å². The van der Waals surface area contributed by atoms with Gasteiger partial charge in [0.05, 0.1) is 19.3 Å². The molecule has 0 fully saturated rings. The first kappa shape index (κ1) is 22.2. The first-order chi connectivity index (χ1) is 17.1. The summed E-state index contributed by atoms with van der Waals surface area (Å²) in [6, 6.07) is 27.1. The highest BCUT2D eigenvalue weighted by Crippen LogP contribution is 2.26. The van der Waals surface area contributed by atoms with Gasteiger partial charge >= 0.3 is 5.97 Å². The molecule has 0 bridgehead atoms. The lowest BCUT2D eigenvalue weighted by Crippen LogP contribution is -1.99. The van der Waals surface area contributed by atoms with E-state index in [9.17, 15) is 4.79 Å². The fourth-order valence-corrected chi connectivity index (χ4v) is 3.84. The molecule has 6 nitrogen and oxygen atoms in total. The van der Waals surface area contributed by atoms with E-state index in [-0.39, 0.29) is 5.76 Å². The van der Waals surface area contributed by atoms with E-state index in [0.29, 0.717) is 12.3 Å². The topological polar surface area (TPSA) is 66.0 Å². The van der Waals surface area contributed by atoms with Crippen molar-refractivity contribution in [3.8, 4) is 11.5 Å². The van der Waals surface area contributed by atoms with Gasteiger partial charge in [0.15, 0.2) is 0 Å². The van der Waals surface area contributed by atoms with Crippen molar-refractivity contribution in [1.82, 2.24) is 4.57 Å². The number of methoxy groups -OCH3 is 1. The maximum absolute atomic E-state index is 11.7. The van der Waals surface area contributed by atoms with Crippen LogP contribution in [-0.2, 0) is 11.3 Å². The molecule has 0 saturated carbocycles. The number of aliphatic imine (C=N–C) groups is 1. The predicted molar refractivity (Wildman–Crippen MR) is 136 cm³/mol. The van der Waals surface area contributed by atoms with Gasteiger partial charge in [0.25, 0.3) is 0 Å². The molecule has 174 valence electrons. The molecule has 2 aromatic heterocycles. The third kappa shape index (κ3) is 5.01. The standard InChI is InChI=1S/C29H24N2O4/c1-20-7-11-23(12-8-20)34-24-13-9-22(10-14-24)30-17-21-18-31(27-6-4-3-5-26(21)27)19-25-15-16-28(35-25)29(32)33-2/h3-18H,19H2,1-2H3. The Morgan fingerprint density at radius 2 is 1.66 bits per heavy atom. The van der Waals surface area contributed by atoms with Crippen LogP contribution in [0.15, 0.2) is 101 Å². The van der Waals surface area contributed by atoms with Gasteiger partial charge in [-0.3, -0.25) is 4.99 Å². The SMILES string of the molecule is COC(=O)c1ccc(Cn2cc(C=Nc3ccc(Oc4ccc(C)cc4)cc3)c3ccccc32)o1. The number of hydrogen-bond donors (Lipinski definition) is 0. The Balaban J connectivity index is 1.34. The second-order valence-corrected chi connectivity index (χ2v) is 8.15. The van der Waals surface area contributed by atoms with Gasteiger partial charge in [-0.2, -0.15) is 0 Å². The number of furan rings is 1. The fraction of sp³-hybridized carbons (Fsp3) is 0.103. The van der Waals surface area contributed by atoms with Crippen molar-refractivity contribution in [3.63, 3.8) is 0 Å². The molecule has 0 unspecified atom stereocenters. The molecule has 0 aliphatic heterocycles. The molecular weight excluding hydrogens is 440 g/mol. The van der Waals surface area contributed by atoms with Gasteiger partial charge < -0.3 is 18.5 Å². The third-order valence-electron chi connectivity index (χ3n) is 5.64. The smallest absolute Gasteiger partial charge is 0.373 e. The van der Waals surface area contributed by atoms with Crippen molar-refractivity contribution in [2.45, 2.75) is 13.5 Å². The highest BCUT2D eigenvalue weighted by molar-refractivity contribution is 6.00. The summed E-state index contributed by atoms with van der Waals surface area (Å²) in [4.78, 5) is 16.4. The van der Waals surface area contributed by atoms with Gasteiger partial charge in [-0.15, -0.1) is 0 Å². The summed E-state index contributed by atoms with van der Waals surface area (Å²) in [5, 5.41) is 1.08. The van der Waals surface area contributed by atoms with E-state index < -0.39 is 5.97 Å². The van der Waals surface area contributed by atoms with E-state index in [1.54, 1.807) is 12.1 Å². The number of esters is 1. The van der Waals surface area contributed by atoms with Crippen molar-refractivity contribution in [1.29, 1.82) is 0 Å². The second kappa shape index (κ2) is 9.73. The van der Waals surface area contributed by atoms with Gasteiger partial charge in [-0.1, -0.05) is 35.9 Å². The first-order valence-electron chi connectivity index (χ1n) is 11.2. The van der Waals surface area contributed by atoms with Gasteiger partial charge in [0.2, 0.25) is 5.76 Å². The average Bonchev–Trinajstić information content (AvgIpc) is 3.50. The van der Waals surface area contributed by atoms with Gasteiger partial charge in [-0.05, 0) is 61.5 Å². The van der Waals surface area contributed by atoms with Crippen molar-refractivity contribution in [2.24, 2.45) is 4.99 Å². The number of hydrogen-bond acceptors (Lipinski definition) is 5. The van der Waals surface area contributed by atoms with Crippen molar-refractivity contribution in [2.75, 3.05) is 7.11 Å². The lowest BCUT2D eigenvalue weighted by atomic mass is 10.2. The number of ether oxygens (including phenoxy) is 2. The number of para-hydroxylation sites is 1. The Morgan fingerprint density at radius 3 is 2.40 bits per heavy atom. The number of benzene rings is 3. The highest BCUT2D eigenvalue weighted by Gasteiger charge is 2.13. The number of aromatic nitrogens is 1. The van der Waals surface area contributed by atoms with Crippen LogP contribution in [0.25, 0.3) is 10.9 Å². The van der Waals surface area contributed by atoms with E-state index in [1.807, 2.05) is 86.1 Å². The Morgan fingerprint density at radius 1 is 0.943 bits per heavy atom. The van der Waals surface area contributed by atoms with Crippen LogP contribution >= 0.6 is 0 Å². The number of nitrogens with zero attached hydrogens (tertiary/aromatic N) is 2. The summed E-state index contributed by atoms with van der Waals surface area (Å²) < 4.78 is 18.3. The predicted octanol–water partition coefficient (Wildman–Crippen LogP) is 6.92. The van der Waals surface area contributed by atoms with Crippen LogP contribution in [0, 0.1) is 6.92 Å². The first-order valence-corrected chi connectivity index (χ1v) is 11.2. The molecule has 0 spiro atoms. The monoisotopic (exact) mass is 464 g/mol. The number of carbonyl (C=O) groups excluding carboxylic acids is 1. The second-order valence-electron chi connectivity index (χ2n) is 8.15. The van der Waals surface area contributed by atoms with Crippen LogP contribution in [0.1, 0.15) is 27.4 Å². The van der Waals surface area contributed by atoms with Gasteiger partial charge in [0, 0.05) is 28.9 Å². The quantitative estimate of drug-likeness (QED) is 0.194. The van der Waals surface area contributed by atoms with E-state index >= 15 is 0 Å². The molecule has 0 amide bonds. The lowest BCUT2D eigenvalue weighted by Gasteiger charge is -2.06. The van der Waals surface area contributed by atoms with Crippen LogP contribution < -0.4 is 4.74 Å². The molecule has 5 rings (SSSR count). The van der Waals surface area contributed by atoms with E-state index in [4.69, 9.17) is 13.9 Å². The Kier molecular flexibility index (Phi) is 6.18. The molecule has 35 heavy (non-hydrogen) atoms. The van der Waals surface area contributed by atoms with Crippen LogP contribution in [0.3, 0.4) is 0 Å². The zero-order valence-electron chi connectivity index (χ0n) is 19.5. The summed E-state index contributed by atoms with van der Waals surface area (Å²) in [6.45, 7) is 2.53. The fourth-order valence-electron chi connectivity index (χ4n) is 3.84. The summed E-state index contributed by atoms with van der Waals surface area (Å²) >= 11 is 0. The number of aryl methyl sites for hydroxylation is 1. The summed E-state index contributed by atoms with van der Waals surface area (Å²) in [6.07, 6.45) is 3.89. The summed E-state index contributed by atoms with van der Waals surface area (Å²) in [5.41, 5.74) is 4.05. The van der Waals surface area contributed by atoms with Crippen LogP contribution in [0.5, 0.6) is 11.5 Å². The number of carbonyl (C=O) groups is 1. The zero-order chi connectivity index (χ0) is 24.2. The minimum Gasteiger partial charge on any atom is -0.463 e. The van der Waals surface area contributed by atoms with Gasteiger partial charge in [-0.25, -0.2) is 4.79 Å². The molecule has 0 atom stereocenters. The molecule has 3 aromatic carbocycles. The van der Waals surface area contributed by atoms with Crippen molar-refractivity contribution >= 4 is 28.8 Å². The molecule has 0 N–H and O–H groups in total. The van der Waals surface area contributed by atoms with E-state index in [2.05, 4.69) is 15.6 Å². The molecule has 2 heterocycles. The minimum absolute atomic E-state index is 0.190. The molecule has 0 aliphatic carbocycles. The largest absolute Gasteiger partial charge is 0.463 e. The Hall–Kier alpha value is -4.58. The zero-order valence-corrected chi connectivity index (χ0v) is 19.5. The van der Waals surface area contributed by atoms with Crippen molar-refractivity contribution < 1.29 is 18.7 Å². The molecular formula is C29H24N2O4. The molecule has 6 heteroatoms. The lowest BCUT2D eigenvalue weighted by molar-refractivity contribution is 0.0563.